The number of hydrogen-bond donors (Lipinski definition) is 1. The second kappa shape index (κ2) is 4.67. The summed E-state index contributed by atoms with van der Waals surface area (Å²) >= 11 is 10.8. The highest BCUT2D eigenvalue weighted by Crippen LogP contribution is 2.15. The molecule has 0 aliphatic rings. The minimum Gasteiger partial charge on any atom is -0.324 e. The first kappa shape index (κ1) is 11.3. The van der Waals surface area contributed by atoms with Crippen molar-refractivity contribution in [2.45, 2.75) is 18.7 Å². The van der Waals surface area contributed by atoms with E-state index in [1.807, 2.05) is 32.0 Å². The van der Waals surface area contributed by atoms with Crippen LogP contribution in [0, 0.1) is 13.8 Å². The van der Waals surface area contributed by atoms with Gasteiger partial charge in [0.15, 0.2) is 4.84 Å². The maximum Gasteiger partial charge on any atom is 0.257 e. The van der Waals surface area contributed by atoms with Crippen LogP contribution in [0.4, 0.5) is 5.69 Å². The second-order valence-electron chi connectivity index (χ2n) is 3.09. The molecule has 0 heterocycles. The summed E-state index contributed by atoms with van der Waals surface area (Å²) in [5.41, 5.74) is 3.00. The maximum absolute atomic E-state index is 11.1. The fourth-order valence-electron chi connectivity index (χ4n) is 1.02. The number of benzene rings is 1. The standard InChI is InChI=1S/C10H11Cl2NO/c1-6-3-4-8(5-7(6)2)13-10(14)9(11)12/h3-5,9H,1-2H3,(H,13,14). The van der Waals surface area contributed by atoms with Gasteiger partial charge in [0.1, 0.15) is 0 Å². The van der Waals surface area contributed by atoms with Gasteiger partial charge in [0.2, 0.25) is 0 Å². The normalized spacial score (nSPS) is 10.4. The van der Waals surface area contributed by atoms with Gasteiger partial charge >= 0.3 is 0 Å². The van der Waals surface area contributed by atoms with Crippen molar-refractivity contribution >= 4 is 34.8 Å². The van der Waals surface area contributed by atoms with Crippen LogP contribution in [0.15, 0.2) is 18.2 Å². The highest BCUT2D eigenvalue weighted by molar-refractivity contribution is 6.54. The Hall–Kier alpha value is -0.730. The Morgan fingerprint density at radius 2 is 1.93 bits per heavy atom. The molecule has 0 bridgehead atoms. The van der Waals surface area contributed by atoms with Gasteiger partial charge in [-0.15, -0.1) is 0 Å². The average molecular weight is 232 g/mol. The Labute approximate surface area is 93.2 Å². The topological polar surface area (TPSA) is 29.1 Å². The van der Waals surface area contributed by atoms with Crippen LogP contribution in [0.5, 0.6) is 0 Å². The second-order valence-corrected chi connectivity index (χ2v) is 4.19. The van der Waals surface area contributed by atoms with E-state index in [2.05, 4.69) is 5.32 Å². The highest BCUT2D eigenvalue weighted by Gasteiger charge is 2.11. The van der Waals surface area contributed by atoms with E-state index in [-0.39, 0.29) is 0 Å². The lowest BCUT2D eigenvalue weighted by Gasteiger charge is -2.07. The third kappa shape index (κ3) is 2.89. The van der Waals surface area contributed by atoms with Crippen LogP contribution < -0.4 is 5.32 Å². The number of amides is 1. The molecule has 0 radical (unpaired) electrons. The zero-order chi connectivity index (χ0) is 10.7. The molecule has 0 saturated heterocycles. The first-order valence-corrected chi connectivity index (χ1v) is 5.04. The smallest absolute Gasteiger partial charge is 0.257 e. The Morgan fingerprint density at radius 1 is 1.29 bits per heavy atom. The van der Waals surface area contributed by atoms with Crippen LogP contribution in [0.3, 0.4) is 0 Å². The van der Waals surface area contributed by atoms with Crippen LogP contribution >= 0.6 is 23.2 Å². The van der Waals surface area contributed by atoms with Crippen LogP contribution in [0.25, 0.3) is 0 Å². The monoisotopic (exact) mass is 231 g/mol. The number of halogens is 2. The molecular weight excluding hydrogens is 221 g/mol. The predicted molar refractivity (Wildman–Crippen MR) is 60.0 cm³/mol. The summed E-state index contributed by atoms with van der Waals surface area (Å²) < 4.78 is 0. The lowest BCUT2D eigenvalue weighted by molar-refractivity contribution is -0.114. The van der Waals surface area contributed by atoms with Crippen molar-refractivity contribution < 1.29 is 4.79 Å². The van der Waals surface area contributed by atoms with Crippen molar-refractivity contribution in [3.63, 3.8) is 0 Å². The molecule has 1 aromatic carbocycles. The molecule has 1 aromatic rings. The number of rotatable bonds is 2. The molecule has 1 N–H and O–H groups in total. The van der Waals surface area contributed by atoms with Gasteiger partial charge in [-0.25, -0.2) is 0 Å². The van der Waals surface area contributed by atoms with Crippen LogP contribution in [-0.2, 0) is 4.79 Å². The zero-order valence-electron chi connectivity index (χ0n) is 7.97. The third-order valence-corrected chi connectivity index (χ3v) is 2.37. The van der Waals surface area contributed by atoms with Gasteiger partial charge in [0.25, 0.3) is 5.91 Å². The van der Waals surface area contributed by atoms with Crippen molar-refractivity contribution in [2.75, 3.05) is 5.32 Å². The molecule has 0 atom stereocenters. The van der Waals surface area contributed by atoms with Gasteiger partial charge in [-0.05, 0) is 37.1 Å². The summed E-state index contributed by atoms with van der Waals surface area (Å²) in [6, 6.07) is 5.63. The minimum atomic E-state index is -1.03. The molecule has 76 valence electrons. The molecule has 0 spiro atoms. The molecule has 0 saturated carbocycles. The van der Waals surface area contributed by atoms with Crippen molar-refractivity contribution in [1.82, 2.24) is 0 Å². The quantitative estimate of drug-likeness (QED) is 0.780. The number of carbonyl (C=O) groups excluding carboxylic acids is 1. The van der Waals surface area contributed by atoms with Gasteiger partial charge < -0.3 is 5.32 Å². The Balaban J connectivity index is 2.78. The van der Waals surface area contributed by atoms with E-state index in [1.54, 1.807) is 0 Å². The highest BCUT2D eigenvalue weighted by atomic mass is 35.5. The molecule has 2 nitrogen and oxygen atoms in total. The van der Waals surface area contributed by atoms with Crippen molar-refractivity contribution in [1.29, 1.82) is 0 Å². The van der Waals surface area contributed by atoms with E-state index >= 15 is 0 Å². The summed E-state index contributed by atoms with van der Waals surface area (Å²) in [6.07, 6.45) is 0. The van der Waals surface area contributed by atoms with E-state index in [0.29, 0.717) is 5.69 Å². The van der Waals surface area contributed by atoms with Gasteiger partial charge in [0, 0.05) is 5.69 Å². The number of nitrogens with one attached hydrogen (secondary N) is 1. The molecule has 0 aliphatic carbocycles. The maximum atomic E-state index is 11.1. The molecule has 14 heavy (non-hydrogen) atoms. The van der Waals surface area contributed by atoms with E-state index in [1.165, 1.54) is 5.56 Å². The summed E-state index contributed by atoms with van der Waals surface area (Å²) in [7, 11) is 0. The van der Waals surface area contributed by atoms with Gasteiger partial charge in [-0.1, -0.05) is 29.3 Å². The predicted octanol–water partition coefficient (Wildman–Crippen LogP) is 3.05. The molecule has 0 fully saturated rings. The molecule has 1 rings (SSSR count). The molecule has 1 amide bonds. The van der Waals surface area contributed by atoms with E-state index < -0.39 is 10.7 Å². The Morgan fingerprint density at radius 3 is 2.43 bits per heavy atom. The Kier molecular flexibility index (Phi) is 3.78. The number of anilines is 1. The fraction of sp³-hybridized carbons (Fsp3) is 0.300. The molecule has 0 aromatic heterocycles. The summed E-state index contributed by atoms with van der Waals surface area (Å²) in [5, 5.41) is 2.61. The van der Waals surface area contributed by atoms with Gasteiger partial charge in [-0.2, -0.15) is 0 Å². The summed E-state index contributed by atoms with van der Waals surface area (Å²) in [6.45, 7) is 3.98. The molecule has 4 heteroatoms. The van der Waals surface area contributed by atoms with E-state index in [0.717, 1.165) is 5.56 Å². The van der Waals surface area contributed by atoms with Crippen LogP contribution in [0.1, 0.15) is 11.1 Å². The number of hydrogen-bond acceptors (Lipinski definition) is 1. The lowest BCUT2D eigenvalue weighted by Crippen LogP contribution is -2.18. The number of alkyl halides is 2. The zero-order valence-corrected chi connectivity index (χ0v) is 9.49. The van der Waals surface area contributed by atoms with Crippen molar-refractivity contribution in [2.24, 2.45) is 0 Å². The van der Waals surface area contributed by atoms with Crippen LogP contribution in [-0.4, -0.2) is 10.7 Å². The SMILES string of the molecule is Cc1ccc(NC(=O)C(Cl)Cl)cc1C. The largest absolute Gasteiger partial charge is 0.324 e. The van der Waals surface area contributed by atoms with Crippen molar-refractivity contribution in [3.8, 4) is 0 Å². The minimum absolute atomic E-state index is 0.406. The third-order valence-electron chi connectivity index (χ3n) is 1.97. The molecule has 0 unspecified atom stereocenters. The number of carbonyl (C=O) groups is 1. The van der Waals surface area contributed by atoms with Crippen molar-refractivity contribution in [3.05, 3.63) is 29.3 Å². The van der Waals surface area contributed by atoms with Crippen LogP contribution in [0.2, 0.25) is 0 Å². The van der Waals surface area contributed by atoms with E-state index in [4.69, 9.17) is 23.2 Å². The first-order chi connectivity index (χ1) is 6.50. The van der Waals surface area contributed by atoms with Gasteiger partial charge in [-0.3, -0.25) is 4.79 Å². The fourth-order valence-corrected chi connectivity index (χ4v) is 1.13. The summed E-state index contributed by atoms with van der Waals surface area (Å²) in [4.78, 5) is 10.1. The number of aryl methyl sites for hydroxylation is 2. The van der Waals surface area contributed by atoms with Gasteiger partial charge in [0.05, 0.1) is 0 Å². The average Bonchev–Trinajstić information content (AvgIpc) is 2.11. The summed E-state index contributed by atoms with van der Waals surface area (Å²) in [5.74, 6) is -0.406. The first-order valence-electron chi connectivity index (χ1n) is 4.17. The Bertz CT molecular complexity index is 350. The lowest BCUT2D eigenvalue weighted by atomic mass is 10.1. The molecule has 0 aliphatic heterocycles. The van der Waals surface area contributed by atoms with E-state index in [9.17, 15) is 4.79 Å². The molecular formula is C10H11Cl2NO.